The number of alkyl halides is 2. The van der Waals surface area contributed by atoms with Crippen LogP contribution in [0.5, 0.6) is 0 Å². The summed E-state index contributed by atoms with van der Waals surface area (Å²) < 4.78 is 5.85. The molecule has 0 spiro atoms. The summed E-state index contributed by atoms with van der Waals surface area (Å²) in [6.45, 7) is 16.0. The molecule has 2 aliphatic carbocycles. The number of nitrogens with one attached hydrogen (secondary N) is 4. The average Bonchev–Trinajstić information content (AvgIpc) is 0.786. The number of halogens is 2. The Morgan fingerprint density at radius 1 is 0.656 bits per heavy atom. The minimum atomic E-state index is -1.67. The van der Waals surface area contributed by atoms with E-state index >= 15 is 14.4 Å². The first kappa shape index (κ1) is 81.3. The van der Waals surface area contributed by atoms with E-state index in [1.165, 1.54) is 90.4 Å². The lowest BCUT2D eigenvalue weighted by Gasteiger charge is -2.45. The Labute approximate surface area is 589 Å². The van der Waals surface area contributed by atoms with E-state index in [-0.39, 0.29) is 78.2 Å². The Morgan fingerprint density at radius 2 is 1.30 bits per heavy atom. The van der Waals surface area contributed by atoms with E-state index in [4.69, 9.17) is 16.3 Å². The van der Waals surface area contributed by atoms with Gasteiger partial charge in [-0.3, -0.25) is 57.5 Å². The van der Waals surface area contributed by atoms with Crippen LogP contribution in [0.25, 0.3) is 0 Å². The van der Waals surface area contributed by atoms with Crippen molar-refractivity contribution in [1.29, 1.82) is 0 Å². The van der Waals surface area contributed by atoms with Crippen LogP contribution in [0.2, 0.25) is 0 Å². The maximum atomic E-state index is 15.1. The van der Waals surface area contributed by atoms with Crippen LogP contribution >= 0.6 is 34.2 Å². The molecule has 5 rings (SSSR count). The zero-order valence-corrected chi connectivity index (χ0v) is 63.3. The fourth-order valence-electron chi connectivity index (χ4n) is 14.1. The van der Waals surface area contributed by atoms with E-state index in [9.17, 15) is 43.2 Å². The highest BCUT2D eigenvalue weighted by molar-refractivity contribution is 14.1. The summed E-state index contributed by atoms with van der Waals surface area (Å²) in [5.74, 6) is -8.07. The van der Waals surface area contributed by atoms with Crippen molar-refractivity contribution in [3.8, 4) is 0 Å². The van der Waals surface area contributed by atoms with Crippen molar-refractivity contribution in [3.63, 3.8) is 0 Å². The Kier molecular flexibility index (Phi) is 31.5. The molecule has 25 nitrogen and oxygen atoms in total. The zero-order chi connectivity index (χ0) is 71.8. The van der Waals surface area contributed by atoms with Gasteiger partial charge in [0.2, 0.25) is 70.9 Å². The van der Waals surface area contributed by atoms with Gasteiger partial charge in [0.1, 0.15) is 59.9 Å². The van der Waals surface area contributed by atoms with Gasteiger partial charge in [0.15, 0.2) is 0 Å². The fraction of sp³-hybridized carbons (Fsp3) is 0.826. The molecule has 0 radical (unpaired) electrons. The molecule has 0 aromatic heterocycles. The Morgan fingerprint density at radius 3 is 1.86 bits per heavy atom. The standard InChI is InChI=1S/C69H116ClIN12O13/c1-17-20-24-49-63(90)81(15)69(8,9)68(95)74-51(33-41(4)5)62(89)79(13)55(66(93)82-30-22-21-23-31-82)39-57(85)78(12)52(19-3)60(87)75-58(42(6)18-2)67(94)77(11)43(7)61(88)83-32-29-53(83)65(92)80(14)54(37-44-25-27-48(96-16)28-26-44)64(91)76(10)40-56(84)72-50(59(86)73-49)36-45-34-46(70)38-47(71)35-45/h41-55,58H,17-40H2,1-16H3,(H,72,84)(H,73,86)(H,74,95)(H,75,87)/t42-,43-,44?,45?,46?,47?,48?,49-,50-,51-,52-,53-,54-,55-,58-/m0/s1. The van der Waals surface area contributed by atoms with E-state index in [0.29, 0.717) is 70.9 Å². The van der Waals surface area contributed by atoms with Crippen LogP contribution in [0.15, 0.2) is 0 Å². The van der Waals surface area contributed by atoms with Gasteiger partial charge >= 0.3 is 0 Å². The van der Waals surface area contributed by atoms with Crippen molar-refractivity contribution in [1.82, 2.24) is 60.5 Å². The van der Waals surface area contributed by atoms with Crippen LogP contribution in [0.1, 0.15) is 191 Å². The zero-order valence-electron chi connectivity index (χ0n) is 60.3. The second kappa shape index (κ2) is 37.2. The number of rotatable bonds is 14. The molecule has 3 saturated heterocycles. The van der Waals surface area contributed by atoms with E-state index in [0.717, 1.165) is 25.7 Å². The molecule has 27 heteroatoms. The van der Waals surface area contributed by atoms with Crippen LogP contribution in [-0.2, 0) is 62.3 Å². The van der Waals surface area contributed by atoms with Crippen molar-refractivity contribution in [2.24, 2.45) is 23.7 Å². The highest BCUT2D eigenvalue weighted by Gasteiger charge is 2.48. The highest BCUT2D eigenvalue weighted by atomic mass is 127. The van der Waals surface area contributed by atoms with Crippen LogP contribution in [-0.4, -0.2) is 261 Å². The summed E-state index contributed by atoms with van der Waals surface area (Å²) in [5.41, 5.74) is -1.67. The number of carbonyl (C=O) groups excluding carboxylic acids is 12. The summed E-state index contributed by atoms with van der Waals surface area (Å²) in [4.78, 5) is 188. The third-order valence-corrected chi connectivity index (χ3v) is 22.7. The lowest BCUT2D eigenvalue weighted by Crippen LogP contribution is -2.65. The number of piperidine rings is 1. The Balaban J connectivity index is 1.60. The maximum Gasteiger partial charge on any atom is 0.246 e. The number of carbonyl (C=O) groups is 12. The van der Waals surface area contributed by atoms with Crippen molar-refractivity contribution in [2.75, 3.05) is 75.6 Å². The van der Waals surface area contributed by atoms with Gasteiger partial charge in [0.05, 0.1) is 19.1 Å². The van der Waals surface area contributed by atoms with Gasteiger partial charge < -0.3 is 65.2 Å². The molecule has 544 valence electrons. The van der Waals surface area contributed by atoms with Crippen LogP contribution in [0, 0.1) is 23.7 Å². The number of hydrogen-bond donors (Lipinski definition) is 4. The van der Waals surface area contributed by atoms with Gasteiger partial charge in [0, 0.05) is 78.3 Å². The van der Waals surface area contributed by atoms with E-state index in [1.807, 2.05) is 27.7 Å². The normalized spacial score (nSPS) is 31.5. The van der Waals surface area contributed by atoms with Gasteiger partial charge in [-0.1, -0.05) is 83.4 Å². The molecule has 5 fully saturated rings. The molecule has 2 saturated carbocycles. The topological polar surface area (TPSA) is 288 Å². The molecule has 12 amide bonds. The van der Waals surface area contributed by atoms with Crippen molar-refractivity contribution < 1.29 is 62.3 Å². The van der Waals surface area contributed by atoms with Crippen LogP contribution < -0.4 is 21.3 Å². The molecule has 0 aromatic rings. The second-order valence-electron chi connectivity index (χ2n) is 29.0. The predicted molar refractivity (Wildman–Crippen MR) is 375 cm³/mol. The molecule has 3 aliphatic heterocycles. The largest absolute Gasteiger partial charge is 0.381 e. The number of unbranched alkanes of at least 4 members (excludes halogenated alkanes) is 1. The summed E-state index contributed by atoms with van der Waals surface area (Å²) >= 11 is 9.13. The molecular formula is C69H116ClIN12O13. The number of likely N-dealkylation sites (N-methyl/N-ethyl adjacent to an activating group) is 6. The lowest BCUT2D eigenvalue weighted by molar-refractivity contribution is -0.160. The third-order valence-electron chi connectivity index (χ3n) is 21.3. The molecule has 3 heterocycles. The molecule has 0 aromatic carbocycles. The number of nitrogens with zero attached hydrogens (tertiary/aromatic N) is 8. The quantitative estimate of drug-likeness (QED) is 0.134. The number of fused-ring (bicyclic) bond motifs is 1. The lowest BCUT2D eigenvalue weighted by atomic mass is 9.82. The van der Waals surface area contributed by atoms with Crippen molar-refractivity contribution in [3.05, 3.63) is 0 Å². The first-order chi connectivity index (χ1) is 45.1. The van der Waals surface area contributed by atoms with Gasteiger partial charge in [-0.05, 0) is 147 Å². The summed E-state index contributed by atoms with van der Waals surface area (Å²) in [6, 6.07) is -10.6. The van der Waals surface area contributed by atoms with Crippen molar-refractivity contribution in [2.45, 2.75) is 266 Å². The average molecular weight is 1480 g/mol. The molecule has 3 unspecified atom stereocenters. The summed E-state index contributed by atoms with van der Waals surface area (Å²) in [5, 5.41) is 11.5. The Bertz CT molecular complexity index is 2720. The molecular weight excluding hydrogens is 1370 g/mol. The minimum Gasteiger partial charge on any atom is -0.381 e. The van der Waals surface area contributed by atoms with Gasteiger partial charge in [-0.2, -0.15) is 0 Å². The molecule has 96 heavy (non-hydrogen) atoms. The van der Waals surface area contributed by atoms with Gasteiger partial charge in [-0.25, -0.2) is 0 Å². The molecule has 4 N–H and O–H groups in total. The number of methoxy groups -OCH3 is 1. The van der Waals surface area contributed by atoms with Crippen LogP contribution in [0.4, 0.5) is 0 Å². The number of ether oxygens (including phenoxy) is 1. The molecule has 13 atom stereocenters. The molecule has 5 aliphatic rings. The first-order valence-corrected chi connectivity index (χ1v) is 37.0. The maximum absolute atomic E-state index is 15.1. The van der Waals surface area contributed by atoms with Gasteiger partial charge in [0.25, 0.3) is 0 Å². The summed E-state index contributed by atoms with van der Waals surface area (Å²) in [7, 11) is 10.4. The number of hydrogen-bond acceptors (Lipinski definition) is 13. The summed E-state index contributed by atoms with van der Waals surface area (Å²) in [6.07, 6.45) is 9.33. The predicted octanol–water partition coefficient (Wildman–Crippen LogP) is 4.85. The minimum absolute atomic E-state index is 0.00121. The SMILES string of the molecule is CCCC[C@@H]1NC(=O)[C@H](CC2CC(Cl)CC(I)C2)NC(=O)CN(C)C(=O)[C@H](CC2CCC(OC)CC2)N(C)C(=O)[C@@H]2CCN2C(=O)[C@H](C)N(C)C(=O)[C@H]([C@@H](C)CC)NC(=O)[C@H](CC)N(C)C(=O)C[C@@H](C(=O)N2CCCCC2)N(C)C(=O)[C@H](CC(C)C)NC(=O)C(C)(C)N(C)C1=O. The smallest absolute Gasteiger partial charge is 0.246 e. The van der Waals surface area contributed by atoms with E-state index < -0.39 is 150 Å². The van der Waals surface area contributed by atoms with Crippen molar-refractivity contribution >= 4 is 105 Å². The van der Waals surface area contributed by atoms with Crippen LogP contribution in [0.3, 0.4) is 0 Å². The first-order valence-electron chi connectivity index (χ1n) is 35.3. The van der Waals surface area contributed by atoms with E-state index in [2.05, 4.69) is 43.9 Å². The second-order valence-corrected chi connectivity index (χ2v) is 31.4. The van der Waals surface area contributed by atoms with Gasteiger partial charge in [-0.15, -0.1) is 11.6 Å². The number of amides is 12. The number of likely N-dealkylation sites (tertiary alicyclic amines) is 1. The highest BCUT2D eigenvalue weighted by Crippen LogP contribution is 2.36. The monoisotopic (exact) mass is 1480 g/mol. The third kappa shape index (κ3) is 21.1. The molecule has 0 bridgehead atoms. The van der Waals surface area contributed by atoms with E-state index in [1.54, 1.807) is 32.8 Å². The fourth-order valence-corrected chi connectivity index (χ4v) is 16.2. The Hall–Kier alpha value is -5.38.